The van der Waals surface area contributed by atoms with Crippen LogP contribution in [0, 0.1) is 11.3 Å². The fourth-order valence-corrected chi connectivity index (χ4v) is 4.04. The standard InChI is InChI=1S/C16H34N2O2S/c1-6-10-17-15(16(3,4)7-2)12-14-9-8-11-18(13-14)21(5,19)20/h14-15,17H,6-13H2,1-5H3. The van der Waals surface area contributed by atoms with E-state index in [0.717, 1.165) is 38.6 Å². The highest BCUT2D eigenvalue weighted by molar-refractivity contribution is 7.88. The highest BCUT2D eigenvalue weighted by Gasteiger charge is 2.32. The second-order valence-electron chi connectivity index (χ2n) is 7.21. The molecule has 1 N–H and O–H groups in total. The minimum atomic E-state index is -3.04. The third-order valence-electron chi connectivity index (χ3n) is 5.02. The molecule has 2 unspecified atom stereocenters. The summed E-state index contributed by atoms with van der Waals surface area (Å²) in [7, 11) is -3.04. The number of nitrogens with one attached hydrogen (secondary N) is 1. The molecule has 0 spiro atoms. The van der Waals surface area contributed by atoms with Gasteiger partial charge in [-0.15, -0.1) is 0 Å². The van der Waals surface area contributed by atoms with E-state index < -0.39 is 10.0 Å². The molecule has 126 valence electrons. The number of sulfonamides is 1. The number of hydrogen-bond donors (Lipinski definition) is 1. The normalized spacial score (nSPS) is 23.2. The SMILES string of the molecule is CCCNC(CC1CCCN(S(C)(=O)=O)C1)C(C)(C)CC. The fraction of sp³-hybridized carbons (Fsp3) is 1.00. The van der Waals surface area contributed by atoms with Crippen molar-refractivity contribution in [1.29, 1.82) is 0 Å². The molecule has 5 heteroatoms. The predicted molar refractivity (Wildman–Crippen MR) is 89.9 cm³/mol. The highest BCUT2D eigenvalue weighted by Crippen LogP contribution is 2.32. The third-order valence-corrected chi connectivity index (χ3v) is 6.28. The predicted octanol–water partition coefficient (Wildman–Crippen LogP) is 2.85. The molecule has 0 saturated carbocycles. The Morgan fingerprint density at radius 1 is 1.33 bits per heavy atom. The summed E-state index contributed by atoms with van der Waals surface area (Å²) in [5, 5.41) is 3.69. The average molecular weight is 319 g/mol. The first-order chi connectivity index (χ1) is 9.70. The fourth-order valence-electron chi connectivity index (χ4n) is 3.10. The Labute approximate surface area is 131 Å². The largest absolute Gasteiger partial charge is 0.313 e. The summed E-state index contributed by atoms with van der Waals surface area (Å²) in [6.07, 6.45) is 6.82. The molecule has 1 aliphatic heterocycles. The molecule has 0 aromatic carbocycles. The zero-order valence-corrected chi connectivity index (χ0v) is 15.3. The quantitative estimate of drug-likeness (QED) is 0.748. The lowest BCUT2D eigenvalue weighted by atomic mass is 9.76. The van der Waals surface area contributed by atoms with Crippen LogP contribution >= 0.6 is 0 Å². The summed E-state index contributed by atoms with van der Waals surface area (Å²) in [4.78, 5) is 0. The van der Waals surface area contributed by atoms with Gasteiger partial charge in [0.15, 0.2) is 0 Å². The van der Waals surface area contributed by atoms with Gasteiger partial charge in [-0.3, -0.25) is 0 Å². The number of hydrogen-bond acceptors (Lipinski definition) is 3. The van der Waals surface area contributed by atoms with Crippen molar-refractivity contribution in [3.8, 4) is 0 Å². The van der Waals surface area contributed by atoms with Crippen molar-refractivity contribution in [3.05, 3.63) is 0 Å². The van der Waals surface area contributed by atoms with E-state index in [1.807, 2.05) is 0 Å². The van der Waals surface area contributed by atoms with Crippen LogP contribution in [0.3, 0.4) is 0 Å². The maximum Gasteiger partial charge on any atom is 0.211 e. The lowest BCUT2D eigenvalue weighted by molar-refractivity contribution is 0.166. The molecule has 1 saturated heterocycles. The van der Waals surface area contributed by atoms with Crippen molar-refractivity contribution < 1.29 is 8.42 Å². The molecule has 0 amide bonds. The molecular formula is C16H34N2O2S. The Kier molecular flexibility index (Phi) is 7.14. The van der Waals surface area contributed by atoms with Crippen LogP contribution in [0.25, 0.3) is 0 Å². The minimum Gasteiger partial charge on any atom is -0.313 e. The van der Waals surface area contributed by atoms with Gasteiger partial charge in [-0.1, -0.05) is 27.7 Å². The van der Waals surface area contributed by atoms with Crippen LogP contribution in [0.1, 0.15) is 59.8 Å². The van der Waals surface area contributed by atoms with Crippen LogP contribution in [0.2, 0.25) is 0 Å². The Morgan fingerprint density at radius 3 is 2.52 bits per heavy atom. The molecule has 21 heavy (non-hydrogen) atoms. The topological polar surface area (TPSA) is 49.4 Å². The molecule has 0 radical (unpaired) electrons. The zero-order valence-electron chi connectivity index (χ0n) is 14.5. The molecule has 0 aromatic rings. The molecule has 1 aliphatic rings. The van der Waals surface area contributed by atoms with Gasteiger partial charge in [-0.2, -0.15) is 0 Å². The summed E-state index contributed by atoms with van der Waals surface area (Å²) < 4.78 is 25.2. The van der Waals surface area contributed by atoms with Gasteiger partial charge < -0.3 is 5.32 Å². The first-order valence-corrected chi connectivity index (χ1v) is 10.2. The first-order valence-electron chi connectivity index (χ1n) is 8.39. The maximum atomic E-state index is 11.8. The van der Waals surface area contributed by atoms with Crippen LogP contribution in [-0.4, -0.2) is 44.7 Å². The van der Waals surface area contributed by atoms with Gasteiger partial charge in [-0.25, -0.2) is 12.7 Å². The maximum absolute atomic E-state index is 11.8. The van der Waals surface area contributed by atoms with Crippen LogP contribution in [-0.2, 0) is 10.0 Å². The van der Waals surface area contributed by atoms with Crippen molar-refractivity contribution in [2.75, 3.05) is 25.9 Å². The number of rotatable bonds is 8. The smallest absolute Gasteiger partial charge is 0.211 e. The molecule has 2 atom stereocenters. The van der Waals surface area contributed by atoms with E-state index in [1.54, 1.807) is 4.31 Å². The Hall–Kier alpha value is -0.130. The summed E-state index contributed by atoms with van der Waals surface area (Å²) >= 11 is 0. The van der Waals surface area contributed by atoms with Gasteiger partial charge in [0.1, 0.15) is 0 Å². The molecule has 0 aliphatic carbocycles. The second kappa shape index (κ2) is 7.93. The van der Waals surface area contributed by atoms with E-state index >= 15 is 0 Å². The van der Waals surface area contributed by atoms with Crippen molar-refractivity contribution in [2.45, 2.75) is 65.8 Å². The van der Waals surface area contributed by atoms with E-state index in [0.29, 0.717) is 25.0 Å². The van der Waals surface area contributed by atoms with E-state index in [1.165, 1.54) is 6.26 Å². The zero-order chi connectivity index (χ0) is 16.1. The number of piperidine rings is 1. The van der Waals surface area contributed by atoms with Gasteiger partial charge >= 0.3 is 0 Å². The Bertz CT molecular complexity index is 407. The number of nitrogens with zero attached hydrogens (tertiary/aromatic N) is 1. The molecule has 4 nitrogen and oxygen atoms in total. The summed E-state index contributed by atoms with van der Waals surface area (Å²) in [5.74, 6) is 0.480. The molecule has 1 rings (SSSR count). The Balaban J connectivity index is 2.69. The van der Waals surface area contributed by atoms with Crippen molar-refractivity contribution in [3.63, 3.8) is 0 Å². The second-order valence-corrected chi connectivity index (χ2v) is 9.20. The first kappa shape index (κ1) is 18.9. The van der Waals surface area contributed by atoms with Crippen molar-refractivity contribution in [1.82, 2.24) is 9.62 Å². The molecule has 0 bridgehead atoms. The van der Waals surface area contributed by atoms with Crippen LogP contribution in [0.4, 0.5) is 0 Å². The third kappa shape index (κ3) is 5.87. The van der Waals surface area contributed by atoms with Crippen molar-refractivity contribution in [2.24, 2.45) is 11.3 Å². The van der Waals surface area contributed by atoms with E-state index in [4.69, 9.17) is 0 Å². The van der Waals surface area contributed by atoms with Gasteiger partial charge in [-0.05, 0) is 50.0 Å². The molecule has 1 fully saturated rings. The van der Waals surface area contributed by atoms with Gasteiger partial charge in [0.25, 0.3) is 0 Å². The van der Waals surface area contributed by atoms with Gasteiger partial charge in [0.05, 0.1) is 6.26 Å². The van der Waals surface area contributed by atoms with Crippen LogP contribution < -0.4 is 5.32 Å². The van der Waals surface area contributed by atoms with E-state index in [2.05, 4.69) is 33.0 Å². The molecule has 0 aromatic heterocycles. The van der Waals surface area contributed by atoms with Gasteiger partial charge in [0, 0.05) is 19.1 Å². The van der Waals surface area contributed by atoms with E-state index in [-0.39, 0.29) is 5.41 Å². The molecule has 1 heterocycles. The summed E-state index contributed by atoms with van der Waals surface area (Å²) in [6.45, 7) is 11.5. The van der Waals surface area contributed by atoms with E-state index in [9.17, 15) is 8.42 Å². The van der Waals surface area contributed by atoms with Crippen LogP contribution in [0.15, 0.2) is 0 Å². The van der Waals surface area contributed by atoms with Crippen LogP contribution in [0.5, 0.6) is 0 Å². The van der Waals surface area contributed by atoms with Gasteiger partial charge in [0.2, 0.25) is 10.0 Å². The summed E-state index contributed by atoms with van der Waals surface area (Å²) in [5.41, 5.74) is 0.253. The van der Waals surface area contributed by atoms with Crippen molar-refractivity contribution >= 4 is 10.0 Å². The summed E-state index contributed by atoms with van der Waals surface area (Å²) in [6, 6.07) is 0.465. The monoisotopic (exact) mass is 318 g/mol. The lowest BCUT2D eigenvalue weighted by Gasteiger charge is -2.39. The average Bonchev–Trinajstić information content (AvgIpc) is 2.42. The lowest BCUT2D eigenvalue weighted by Crippen LogP contribution is -2.46. The highest BCUT2D eigenvalue weighted by atomic mass is 32.2. The Morgan fingerprint density at radius 2 is 2.00 bits per heavy atom. The molecular weight excluding hydrogens is 284 g/mol. The minimum absolute atomic E-state index is 0.253.